The molecule has 27 heavy (non-hydrogen) atoms. The smallest absolute Gasteiger partial charge is 0.253 e. The summed E-state index contributed by atoms with van der Waals surface area (Å²) in [7, 11) is 0. The van der Waals surface area contributed by atoms with Gasteiger partial charge >= 0.3 is 0 Å². The molecule has 0 amide bonds. The second-order valence-corrected chi connectivity index (χ2v) is 7.04. The first-order valence-electron chi connectivity index (χ1n) is 8.80. The average Bonchev–Trinajstić information content (AvgIpc) is 3.10. The molecule has 0 fully saturated rings. The highest BCUT2D eigenvalue weighted by Gasteiger charge is 2.17. The fourth-order valence-corrected chi connectivity index (χ4v) is 3.41. The lowest BCUT2D eigenvalue weighted by Gasteiger charge is -2.08. The maximum atomic E-state index is 9.24. The van der Waals surface area contributed by atoms with Crippen LogP contribution < -0.4 is 4.74 Å². The number of aliphatic hydroxyl groups excluding tert-OH is 1. The van der Waals surface area contributed by atoms with Crippen molar-refractivity contribution in [3.05, 3.63) is 42.5 Å². The van der Waals surface area contributed by atoms with Gasteiger partial charge in [0, 0.05) is 5.75 Å². The predicted molar refractivity (Wildman–Crippen MR) is 105 cm³/mol. The third-order valence-electron chi connectivity index (χ3n) is 3.99. The predicted octanol–water partition coefficient (Wildman–Crippen LogP) is 3.66. The van der Waals surface area contributed by atoms with Crippen molar-refractivity contribution in [2.75, 3.05) is 12.4 Å². The minimum Gasteiger partial charge on any atom is -0.437 e. The summed E-state index contributed by atoms with van der Waals surface area (Å²) in [4.78, 5) is 9.08. The molecule has 4 rings (SSSR count). The number of nitrogens with zero attached hydrogens (tertiary/aromatic N) is 5. The number of fused-ring (bicyclic) bond motifs is 2. The fourth-order valence-electron chi connectivity index (χ4n) is 2.73. The zero-order valence-electron chi connectivity index (χ0n) is 14.9. The van der Waals surface area contributed by atoms with Gasteiger partial charge in [0.15, 0.2) is 16.3 Å². The summed E-state index contributed by atoms with van der Waals surface area (Å²) in [5.41, 5.74) is 1.05. The summed E-state index contributed by atoms with van der Waals surface area (Å²) in [6, 6.07) is 14.0. The maximum absolute atomic E-state index is 9.24. The molecule has 0 radical (unpaired) electrons. The van der Waals surface area contributed by atoms with E-state index < -0.39 is 0 Å². The summed E-state index contributed by atoms with van der Waals surface area (Å²) in [5.74, 6) is 1.96. The summed E-state index contributed by atoms with van der Waals surface area (Å²) < 4.78 is 7.64. The van der Waals surface area contributed by atoms with Crippen LogP contribution >= 0.6 is 11.8 Å². The number of hydrogen-bond donors (Lipinski definition) is 1. The SMILES string of the molecule is CCCSc1nc(Oc2ccc3ccccc3c2)c2nnn(CCO)c2n1. The monoisotopic (exact) mass is 381 g/mol. The van der Waals surface area contributed by atoms with Crippen molar-refractivity contribution in [3.63, 3.8) is 0 Å². The van der Waals surface area contributed by atoms with E-state index in [2.05, 4.69) is 33.3 Å². The fraction of sp³-hybridized carbons (Fsp3) is 0.263. The zero-order chi connectivity index (χ0) is 18.6. The van der Waals surface area contributed by atoms with Gasteiger partial charge in [-0.1, -0.05) is 54.2 Å². The molecular formula is C19H19N5O2S. The van der Waals surface area contributed by atoms with Gasteiger partial charge < -0.3 is 9.84 Å². The first kappa shape index (κ1) is 17.7. The molecule has 7 nitrogen and oxygen atoms in total. The number of aromatic nitrogens is 5. The summed E-state index contributed by atoms with van der Waals surface area (Å²) in [6.07, 6.45) is 1.01. The van der Waals surface area contributed by atoms with E-state index in [9.17, 15) is 5.11 Å². The van der Waals surface area contributed by atoms with Gasteiger partial charge in [-0.05, 0) is 29.3 Å². The molecule has 0 unspecified atom stereocenters. The van der Waals surface area contributed by atoms with Crippen molar-refractivity contribution in [1.29, 1.82) is 0 Å². The largest absolute Gasteiger partial charge is 0.437 e. The Hall–Kier alpha value is -2.71. The molecule has 1 N–H and O–H groups in total. The van der Waals surface area contributed by atoms with Crippen LogP contribution in [0.25, 0.3) is 21.9 Å². The molecule has 0 aliphatic heterocycles. The normalized spacial score (nSPS) is 11.3. The van der Waals surface area contributed by atoms with Gasteiger partial charge in [-0.2, -0.15) is 4.98 Å². The topological polar surface area (TPSA) is 86.0 Å². The third kappa shape index (κ3) is 3.72. The molecule has 0 saturated heterocycles. The molecule has 0 atom stereocenters. The van der Waals surface area contributed by atoms with Crippen LogP contribution in [0.3, 0.4) is 0 Å². The number of aliphatic hydroxyl groups is 1. The highest BCUT2D eigenvalue weighted by Crippen LogP contribution is 2.30. The van der Waals surface area contributed by atoms with Gasteiger partial charge in [0.2, 0.25) is 0 Å². The zero-order valence-corrected chi connectivity index (χ0v) is 15.7. The second-order valence-electron chi connectivity index (χ2n) is 5.98. The van der Waals surface area contributed by atoms with E-state index in [0.29, 0.717) is 34.5 Å². The molecule has 2 heterocycles. The molecule has 2 aromatic heterocycles. The van der Waals surface area contributed by atoms with Crippen molar-refractivity contribution in [2.45, 2.75) is 25.0 Å². The van der Waals surface area contributed by atoms with Crippen molar-refractivity contribution < 1.29 is 9.84 Å². The molecule has 0 bridgehead atoms. The van der Waals surface area contributed by atoms with Crippen molar-refractivity contribution in [2.24, 2.45) is 0 Å². The van der Waals surface area contributed by atoms with Crippen LogP contribution in [0.1, 0.15) is 13.3 Å². The number of ether oxygens (including phenoxy) is 1. The highest BCUT2D eigenvalue weighted by molar-refractivity contribution is 7.99. The maximum Gasteiger partial charge on any atom is 0.253 e. The number of rotatable bonds is 7. The Kier molecular flexibility index (Phi) is 5.17. The summed E-state index contributed by atoms with van der Waals surface area (Å²) in [6.45, 7) is 2.39. The van der Waals surface area contributed by atoms with E-state index in [-0.39, 0.29) is 6.61 Å². The third-order valence-corrected chi connectivity index (χ3v) is 5.05. The van der Waals surface area contributed by atoms with Gasteiger partial charge in [-0.3, -0.25) is 0 Å². The Labute approximate surface area is 160 Å². The van der Waals surface area contributed by atoms with Gasteiger partial charge in [0.05, 0.1) is 13.2 Å². The standard InChI is InChI=1S/C19H19N5O2S/c1-2-11-27-19-20-17-16(22-23-24(17)9-10-25)18(21-19)26-15-8-7-13-5-3-4-6-14(13)12-15/h3-8,12,25H,2,9-11H2,1H3. The Bertz CT molecular complexity index is 1080. The van der Waals surface area contributed by atoms with E-state index in [0.717, 1.165) is 22.9 Å². The molecule has 8 heteroatoms. The Morgan fingerprint density at radius 1 is 1.11 bits per heavy atom. The van der Waals surface area contributed by atoms with E-state index in [1.165, 1.54) is 0 Å². The Balaban J connectivity index is 1.75. The van der Waals surface area contributed by atoms with Crippen LogP contribution in [0.5, 0.6) is 11.6 Å². The first-order valence-corrected chi connectivity index (χ1v) is 9.78. The molecule has 0 spiro atoms. The van der Waals surface area contributed by atoms with Crippen LogP contribution in [0, 0.1) is 0 Å². The molecule has 0 aliphatic carbocycles. The molecule has 0 saturated carbocycles. The van der Waals surface area contributed by atoms with Crippen molar-refractivity contribution in [3.8, 4) is 11.6 Å². The Morgan fingerprint density at radius 2 is 1.96 bits per heavy atom. The van der Waals surface area contributed by atoms with Crippen molar-refractivity contribution in [1.82, 2.24) is 25.0 Å². The van der Waals surface area contributed by atoms with Gasteiger partial charge in [-0.15, -0.1) is 5.10 Å². The lowest BCUT2D eigenvalue weighted by Crippen LogP contribution is -2.05. The van der Waals surface area contributed by atoms with Crippen LogP contribution in [0.2, 0.25) is 0 Å². The first-order chi connectivity index (χ1) is 13.3. The van der Waals surface area contributed by atoms with Crippen LogP contribution in [-0.4, -0.2) is 42.4 Å². The van der Waals surface area contributed by atoms with Gasteiger partial charge in [-0.25, -0.2) is 9.67 Å². The van der Waals surface area contributed by atoms with E-state index >= 15 is 0 Å². The number of benzene rings is 2. The second kappa shape index (κ2) is 7.89. The summed E-state index contributed by atoms with van der Waals surface area (Å²) in [5, 5.41) is 20.3. The van der Waals surface area contributed by atoms with E-state index in [1.807, 2.05) is 36.4 Å². The van der Waals surface area contributed by atoms with E-state index in [1.54, 1.807) is 16.4 Å². The Morgan fingerprint density at radius 3 is 2.78 bits per heavy atom. The van der Waals surface area contributed by atoms with Gasteiger partial charge in [0.1, 0.15) is 5.75 Å². The molecule has 4 aromatic rings. The quantitative estimate of drug-likeness (QED) is 0.386. The lowest BCUT2D eigenvalue weighted by atomic mass is 10.1. The average molecular weight is 381 g/mol. The number of hydrogen-bond acceptors (Lipinski definition) is 7. The summed E-state index contributed by atoms with van der Waals surface area (Å²) >= 11 is 1.56. The lowest BCUT2D eigenvalue weighted by molar-refractivity contribution is 0.270. The highest BCUT2D eigenvalue weighted by atomic mass is 32.2. The van der Waals surface area contributed by atoms with Crippen LogP contribution in [-0.2, 0) is 6.54 Å². The van der Waals surface area contributed by atoms with Gasteiger partial charge in [0.25, 0.3) is 5.88 Å². The van der Waals surface area contributed by atoms with E-state index in [4.69, 9.17) is 4.74 Å². The van der Waals surface area contributed by atoms with Crippen LogP contribution in [0.4, 0.5) is 0 Å². The van der Waals surface area contributed by atoms with Crippen LogP contribution in [0.15, 0.2) is 47.6 Å². The molecule has 138 valence electrons. The minimum absolute atomic E-state index is 0.0409. The van der Waals surface area contributed by atoms with Crippen molar-refractivity contribution >= 4 is 33.7 Å². The molecule has 0 aliphatic rings. The molecule has 2 aromatic carbocycles. The minimum atomic E-state index is -0.0409. The molecular weight excluding hydrogens is 362 g/mol. The number of thioether (sulfide) groups is 1.